The number of aromatic hydroxyl groups is 1. The number of carbonyl (C=O) groups excluding carboxylic acids is 3. The van der Waals surface area contributed by atoms with Gasteiger partial charge in [-0.15, -0.1) is 9.78 Å². The lowest BCUT2D eigenvalue weighted by Crippen LogP contribution is -2.22. The van der Waals surface area contributed by atoms with Crippen LogP contribution in [-0.4, -0.2) is 44.8 Å². The Balaban J connectivity index is 1.44. The predicted octanol–water partition coefficient (Wildman–Crippen LogP) is 3.54. The quantitative estimate of drug-likeness (QED) is 0.204. The van der Waals surface area contributed by atoms with Crippen molar-refractivity contribution in [2.75, 3.05) is 28.7 Å². The molecule has 0 atom stereocenters. The third-order valence-corrected chi connectivity index (χ3v) is 5.30. The van der Waals surface area contributed by atoms with E-state index in [4.69, 9.17) is 5.73 Å². The molecule has 1 heterocycles. The number of carbonyl (C=O) groups is 3. The molecule has 12 heteroatoms. The van der Waals surface area contributed by atoms with Crippen LogP contribution in [0.2, 0.25) is 0 Å². The number of phenolic OH excluding ortho intramolecular Hbond substituents is 1. The Morgan fingerprint density at radius 3 is 2.26 bits per heavy atom. The molecule has 0 aliphatic rings. The number of nitrogens with zero attached hydrogens (tertiary/aromatic N) is 3. The minimum absolute atomic E-state index is 0.0206. The van der Waals surface area contributed by atoms with E-state index in [-0.39, 0.29) is 23.6 Å². The third kappa shape index (κ3) is 5.94. The minimum Gasteiger partial charge on any atom is -0.508 e. The predicted molar refractivity (Wildman–Crippen MR) is 144 cm³/mol. The van der Waals surface area contributed by atoms with E-state index in [2.05, 4.69) is 37.9 Å². The number of benzene rings is 3. The van der Waals surface area contributed by atoms with E-state index >= 15 is 0 Å². The zero-order valence-corrected chi connectivity index (χ0v) is 20.2. The third-order valence-electron chi connectivity index (χ3n) is 5.30. The van der Waals surface area contributed by atoms with Crippen molar-refractivity contribution in [3.05, 3.63) is 84.9 Å². The molecule has 0 bridgehead atoms. The van der Waals surface area contributed by atoms with Gasteiger partial charge >= 0.3 is 6.03 Å². The molecular weight excluding hydrogens is 488 g/mol. The number of anilines is 5. The van der Waals surface area contributed by atoms with Gasteiger partial charge in [-0.1, -0.05) is 18.7 Å². The summed E-state index contributed by atoms with van der Waals surface area (Å²) < 4.78 is 0.916. The Labute approximate surface area is 217 Å². The zero-order chi connectivity index (χ0) is 27.2. The number of nitrogens with one attached hydrogen (secondary N) is 4. The largest absolute Gasteiger partial charge is 0.508 e. The van der Waals surface area contributed by atoms with E-state index in [0.29, 0.717) is 28.2 Å². The molecule has 0 aliphatic carbocycles. The molecule has 0 aliphatic heterocycles. The average Bonchev–Trinajstić information content (AvgIpc) is 3.28. The van der Waals surface area contributed by atoms with Crippen LogP contribution >= 0.6 is 0 Å². The van der Waals surface area contributed by atoms with E-state index < -0.39 is 11.9 Å². The van der Waals surface area contributed by atoms with Crippen molar-refractivity contribution >= 4 is 46.8 Å². The van der Waals surface area contributed by atoms with E-state index in [0.717, 1.165) is 16.3 Å². The molecule has 0 unspecified atom stereocenters. The number of nitrogen functional groups attached to an aromatic ring is 1. The van der Waals surface area contributed by atoms with Gasteiger partial charge in [0.15, 0.2) is 0 Å². The highest BCUT2D eigenvalue weighted by molar-refractivity contribution is 5.99. The molecule has 3 aromatic carbocycles. The molecule has 4 aromatic rings. The molecule has 38 heavy (non-hydrogen) atoms. The highest BCUT2D eigenvalue weighted by Crippen LogP contribution is 2.29. The summed E-state index contributed by atoms with van der Waals surface area (Å²) in [5, 5.41) is 24.9. The van der Waals surface area contributed by atoms with Gasteiger partial charge in [0.25, 0.3) is 5.91 Å². The molecule has 1 aromatic heterocycles. The molecule has 192 valence electrons. The summed E-state index contributed by atoms with van der Waals surface area (Å²) >= 11 is 0. The fourth-order valence-electron chi connectivity index (χ4n) is 3.47. The molecule has 3 amide bonds. The van der Waals surface area contributed by atoms with Gasteiger partial charge in [-0.2, -0.15) is 4.98 Å². The Morgan fingerprint density at radius 1 is 0.921 bits per heavy atom. The lowest BCUT2D eigenvalue weighted by Gasteiger charge is -2.09. The van der Waals surface area contributed by atoms with Crippen LogP contribution in [0.1, 0.15) is 10.4 Å². The van der Waals surface area contributed by atoms with E-state index in [1.54, 1.807) is 67.7 Å². The standard InChI is InChI=1S/C26H24N8O4/c1-3-22(36)29-20-12-17(13-21(35)14-20)15-4-8-19(9-5-15)31-26(38)34-24(27)32-25(33-34)30-18-10-6-16(7-11-18)23(37)28-2/h3-14,35H,1H2,2H3,(H,28,37)(H,29,36)(H,31,38)(H3,27,30,32,33). The van der Waals surface area contributed by atoms with Gasteiger partial charge in [-0.05, 0) is 65.7 Å². The summed E-state index contributed by atoms with van der Waals surface area (Å²) in [6.07, 6.45) is 1.13. The minimum atomic E-state index is -0.627. The maximum Gasteiger partial charge on any atom is 0.349 e. The van der Waals surface area contributed by atoms with Gasteiger partial charge in [0.2, 0.25) is 17.8 Å². The van der Waals surface area contributed by atoms with Crippen molar-refractivity contribution in [1.29, 1.82) is 0 Å². The second-order valence-corrected chi connectivity index (χ2v) is 7.96. The maximum atomic E-state index is 12.7. The first-order valence-corrected chi connectivity index (χ1v) is 11.3. The van der Waals surface area contributed by atoms with Crippen LogP contribution in [0.4, 0.5) is 33.8 Å². The van der Waals surface area contributed by atoms with Gasteiger partial charge in [0.1, 0.15) is 5.75 Å². The molecule has 12 nitrogen and oxygen atoms in total. The van der Waals surface area contributed by atoms with Crippen LogP contribution in [0.3, 0.4) is 0 Å². The van der Waals surface area contributed by atoms with E-state index in [9.17, 15) is 19.5 Å². The first-order valence-electron chi connectivity index (χ1n) is 11.3. The molecule has 0 saturated carbocycles. The first kappa shape index (κ1) is 25.4. The molecule has 7 N–H and O–H groups in total. The van der Waals surface area contributed by atoms with Gasteiger partial charge in [-0.3, -0.25) is 9.59 Å². The average molecular weight is 513 g/mol. The van der Waals surface area contributed by atoms with Crippen LogP contribution < -0.4 is 27.0 Å². The highest BCUT2D eigenvalue weighted by Gasteiger charge is 2.15. The van der Waals surface area contributed by atoms with Crippen molar-refractivity contribution in [2.24, 2.45) is 0 Å². The Kier molecular flexibility index (Phi) is 7.33. The summed E-state index contributed by atoms with van der Waals surface area (Å²) in [6.45, 7) is 3.41. The summed E-state index contributed by atoms with van der Waals surface area (Å²) in [6, 6.07) is 17.5. The lowest BCUT2D eigenvalue weighted by molar-refractivity contribution is -0.111. The summed E-state index contributed by atoms with van der Waals surface area (Å²) in [7, 11) is 1.55. The maximum absolute atomic E-state index is 12.7. The summed E-state index contributed by atoms with van der Waals surface area (Å²) in [4.78, 5) is 40.1. The highest BCUT2D eigenvalue weighted by atomic mass is 16.3. The number of phenols is 1. The van der Waals surface area contributed by atoms with Crippen LogP contribution in [0.15, 0.2) is 79.4 Å². The van der Waals surface area contributed by atoms with Crippen molar-refractivity contribution in [3.63, 3.8) is 0 Å². The zero-order valence-electron chi connectivity index (χ0n) is 20.2. The van der Waals surface area contributed by atoms with E-state index in [1.807, 2.05) is 0 Å². The number of rotatable bonds is 7. The van der Waals surface area contributed by atoms with Gasteiger partial charge in [-0.25, -0.2) is 4.79 Å². The van der Waals surface area contributed by atoms with Crippen molar-refractivity contribution < 1.29 is 19.5 Å². The van der Waals surface area contributed by atoms with Crippen LogP contribution in [-0.2, 0) is 4.79 Å². The van der Waals surface area contributed by atoms with Crippen molar-refractivity contribution in [2.45, 2.75) is 0 Å². The van der Waals surface area contributed by atoms with Gasteiger partial charge in [0, 0.05) is 35.7 Å². The fourth-order valence-corrected chi connectivity index (χ4v) is 3.47. The smallest absolute Gasteiger partial charge is 0.349 e. The summed E-state index contributed by atoms with van der Waals surface area (Å²) in [5.41, 5.74) is 9.24. The lowest BCUT2D eigenvalue weighted by atomic mass is 10.0. The van der Waals surface area contributed by atoms with E-state index in [1.165, 1.54) is 6.07 Å². The molecule has 0 spiro atoms. The molecule has 0 fully saturated rings. The Bertz CT molecular complexity index is 1510. The number of amides is 3. The second kappa shape index (κ2) is 11.0. The Hall–Kier alpha value is -5.65. The number of hydrogen-bond donors (Lipinski definition) is 6. The molecule has 4 rings (SSSR count). The van der Waals surface area contributed by atoms with Crippen LogP contribution in [0.5, 0.6) is 5.75 Å². The first-order chi connectivity index (χ1) is 18.2. The normalized spacial score (nSPS) is 10.3. The second-order valence-electron chi connectivity index (χ2n) is 7.96. The molecule has 0 radical (unpaired) electrons. The summed E-state index contributed by atoms with van der Waals surface area (Å²) in [5.74, 6) is -0.657. The monoisotopic (exact) mass is 512 g/mol. The van der Waals surface area contributed by atoms with Crippen LogP contribution in [0.25, 0.3) is 11.1 Å². The van der Waals surface area contributed by atoms with Crippen LogP contribution in [0, 0.1) is 0 Å². The molecule has 0 saturated heterocycles. The topological polar surface area (TPSA) is 176 Å². The number of hydrogen-bond acceptors (Lipinski definition) is 8. The van der Waals surface area contributed by atoms with Gasteiger partial charge < -0.3 is 32.1 Å². The SMILES string of the molecule is C=CC(=O)Nc1cc(O)cc(-c2ccc(NC(=O)n3nc(Nc4ccc(C(=O)NC)cc4)nc3N)cc2)c1. The van der Waals surface area contributed by atoms with Crippen molar-refractivity contribution in [1.82, 2.24) is 20.1 Å². The molecular formula is C26H24N8O4. The van der Waals surface area contributed by atoms with Crippen molar-refractivity contribution in [3.8, 4) is 16.9 Å². The number of nitrogens with two attached hydrogens (primary N) is 1. The number of aromatic nitrogens is 3. The van der Waals surface area contributed by atoms with Gasteiger partial charge in [0.05, 0.1) is 0 Å². The Morgan fingerprint density at radius 2 is 1.61 bits per heavy atom. The fraction of sp³-hybridized carbons (Fsp3) is 0.0385.